The molecule has 0 saturated heterocycles. The average Bonchev–Trinajstić information content (AvgIpc) is 2.58. The van der Waals surface area contributed by atoms with Crippen molar-refractivity contribution in [1.82, 2.24) is 0 Å². The Balaban J connectivity index is 3.38. The zero-order chi connectivity index (χ0) is 22.0. The molecule has 0 spiro atoms. The van der Waals surface area contributed by atoms with Gasteiger partial charge in [-0.2, -0.15) is 39.5 Å². The second-order valence-electron chi connectivity index (χ2n) is 6.31. The van der Waals surface area contributed by atoms with Gasteiger partial charge in [0.15, 0.2) is 0 Å². The van der Waals surface area contributed by atoms with Crippen molar-refractivity contribution in [2.24, 2.45) is 0 Å². The molecular weight excluding hydrogens is 407 g/mol. The van der Waals surface area contributed by atoms with E-state index in [1.54, 1.807) is 6.92 Å². The van der Waals surface area contributed by atoms with Crippen LogP contribution in [0.5, 0.6) is 5.75 Å². The molecule has 1 atom stereocenters. The molecule has 0 aliphatic carbocycles. The zero-order valence-corrected chi connectivity index (χ0v) is 15.1. The SMILES string of the molecule is CCCOc1ccccc1C(C)(CC(F)(F)C(F)(F)C(F)(F)C(F)(F)F)OC. The molecule has 162 valence electrons. The fourth-order valence-electron chi connectivity index (χ4n) is 2.46. The molecule has 1 aromatic carbocycles. The summed E-state index contributed by atoms with van der Waals surface area (Å²) in [5, 5.41) is 0. The van der Waals surface area contributed by atoms with Crippen LogP contribution in [0.25, 0.3) is 0 Å². The molecule has 0 saturated carbocycles. The van der Waals surface area contributed by atoms with Crippen LogP contribution in [0.15, 0.2) is 24.3 Å². The molecule has 0 heterocycles. The van der Waals surface area contributed by atoms with Gasteiger partial charge in [0.25, 0.3) is 0 Å². The van der Waals surface area contributed by atoms with Crippen LogP contribution in [0.1, 0.15) is 32.3 Å². The quantitative estimate of drug-likeness (QED) is 0.438. The number of alkyl halides is 9. The first kappa shape index (κ1) is 24.4. The van der Waals surface area contributed by atoms with Crippen LogP contribution in [-0.4, -0.2) is 37.7 Å². The second kappa shape index (κ2) is 8.00. The van der Waals surface area contributed by atoms with E-state index in [-0.39, 0.29) is 17.9 Å². The second-order valence-corrected chi connectivity index (χ2v) is 6.31. The lowest BCUT2D eigenvalue weighted by Crippen LogP contribution is -2.62. The van der Waals surface area contributed by atoms with Crippen molar-refractivity contribution in [1.29, 1.82) is 0 Å². The monoisotopic (exact) mass is 426 g/mol. The van der Waals surface area contributed by atoms with Gasteiger partial charge in [-0.3, -0.25) is 0 Å². The number of rotatable bonds is 9. The molecule has 0 aliphatic rings. The third-order valence-corrected chi connectivity index (χ3v) is 4.14. The van der Waals surface area contributed by atoms with Gasteiger partial charge >= 0.3 is 23.9 Å². The van der Waals surface area contributed by atoms with E-state index in [4.69, 9.17) is 9.47 Å². The van der Waals surface area contributed by atoms with Crippen molar-refractivity contribution in [3.63, 3.8) is 0 Å². The van der Waals surface area contributed by atoms with Gasteiger partial charge in [-0.25, -0.2) is 0 Å². The minimum absolute atomic E-state index is 0.0459. The predicted octanol–water partition coefficient (Wildman–Crippen LogP) is 6.20. The molecule has 0 fully saturated rings. The topological polar surface area (TPSA) is 18.5 Å². The zero-order valence-electron chi connectivity index (χ0n) is 15.1. The standard InChI is InChI=1S/C17H19F9O2/c1-4-9-28-12-8-6-5-7-11(12)13(2,27-3)10-14(18,19)15(20,21)16(22,23)17(24,25)26/h5-8H,4,9-10H2,1-3H3. The van der Waals surface area contributed by atoms with Gasteiger partial charge < -0.3 is 9.47 Å². The number of halogens is 9. The van der Waals surface area contributed by atoms with E-state index in [0.717, 1.165) is 14.0 Å². The maximum absolute atomic E-state index is 14.1. The molecular formula is C17H19F9O2. The summed E-state index contributed by atoms with van der Waals surface area (Å²) in [5.41, 5.74) is -2.55. The highest BCUT2D eigenvalue weighted by Crippen LogP contribution is 2.56. The van der Waals surface area contributed by atoms with Crippen molar-refractivity contribution in [2.45, 2.75) is 56.2 Å². The predicted molar refractivity (Wildman–Crippen MR) is 82.1 cm³/mol. The molecule has 0 N–H and O–H groups in total. The van der Waals surface area contributed by atoms with Crippen molar-refractivity contribution < 1.29 is 49.0 Å². The Morgan fingerprint density at radius 1 is 0.857 bits per heavy atom. The molecule has 2 nitrogen and oxygen atoms in total. The summed E-state index contributed by atoms with van der Waals surface area (Å²) >= 11 is 0. The third-order valence-electron chi connectivity index (χ3n) is 4.14. The first-order valence-corrected chi connectivity index (χ1v) is 8.05. The summed E-state index contributed by atoms with van der Waals surface area (Å²) in [5.74, 6) is -19.5. The highest BCUT2D eigenvalue weighted by atomic mass is 19.4. The first-order valence-electron chi connectivity index (χ1n) is 8.05. The van der Waals surface area contributed by atoms with Crippen LogP contribution in [0.4, 0.5) is 39.5 Å². The van der Waals surface area contributed by atoms with Crippen LogP contribution in [0.2, 0.25) is 0 Å². The lowest BCUT2D eigenvalue weighted by atomic mass is 9.85. The largest absolute Gasteiger partial charge is 0.493 e. The van der Waals surface area contributed by atoms with E-state index < -0.39 is 36.0 Å². The minimum Gasteiger partial charge on any atom is -0.493 e. The normalized spacial score (nSPS) is 16.0. The van der Waals surface area contributed by atoms with Crippen molar-refractivity contribution in [2.75, 3.05) is 13.7 Å². The van der Waals surface area contributed by atoms with Gasteiger partial charge in [0, 0.05) is 12.7 Å². The summed E-state index contributed by atoms with van der Waals surface area (Å²) < 4.78 is 129. The van der Waals surface area contributed by atoms with Gasteiger partial charge in [0.2, 0.25) is 0 Å². The molecule has 1 unspecified atom stereocenters. The molecule has 1 rings (SSSR count). The van der Waals surface area contributed by atoms with E-state index >= 15 is 0 Å². The smallest absolute Gasteiger partial charge is 0.460 e. The van der Waals surface area contributed by atoms with Gasteiger partial charge in [-0.1, -0.05) is 25.1 Å². The highest BCUT2D eigenvalue weighted by Gasteiger charge is 2.82. The van der Waals surface area contributed by atoms with Crippen LogP contribution in [0, 0.1) is 0 Å². The van der Waals surface area contributed by atoms with Gasteiger partial charge in [-0.05, 0) is 19.4 Å². The van der Waals surface area contributed by atoms with Gasteiger partial charge in [-0.15, -0.1) is 0 Å². The molecule has 0 aliphatic heterocycles. The number of hydrogen-bond acceptors (Lipinski definition) is 2. The van der Waals surface area contributed by atoms with Crippen LogP contribution in [0.3, 0.4) is 0 Å². The Bertz CT molecular complexity index is 658. The fourth-order valence-corrected chi connectivity index (χ4v) is 2.46. The maximum Gasteiger partial charge on any atom is 0.460 e. The molecule has 1 aromatic rings. The number of benzene rings is 1. The van der Waals surface area contributed by atoms with E-state index in [1.165, 1.54) is 24.3 Å². The summed E-state index contributed by atoms with van der Waals surface area (Å²) in [7, 11) is 0.840. The molecule has 0 radical (unpaired) electrons. The Labute approximate surface area is 155 Å². The van der Waals surface area contributed by atoms with Gasteiger partial charge in [0.1, 0.15) is 5.75 Å². The summed E-state index contributed by atoms with van der Waals surface area (Å²) in [6.07, 6.45) is -8.52. The lowest BCUT2D eigenvalue weighted by Gasteiger charge is -2.39. The number of methoxy groups -OCH3 is 1. The van der Waals surface area contributed by atoms with Crippen LogP contribution >= 0.6 is 0 Å². The van der Waals surface area contributed by atoms with Crippen molar-refractivity contribution >= 4 is 0 Å². The van der Waals surface area contributed by atoms with Crippen LogP contribution < -0.4 is 4.74 Å². The minimum atomic E-state index is -6.95. The summed E-state index contributed by atoms with van der Waals surface area (Å²) in [6, 6.07) is 5.24. The summed E-state index contributed by atoms with van der Waals surface area (Å²) in [6.45, 7) is 2.72. The highest BCUT2D eigenvalue weighted by molar-refractivity contribution is 5.38. The lowest BCUT2D eigenvalue weighted by molar-refractivity contribution is -0.400. The van der Waals surface area contributed by atoms with E-state index in [9.17, 15) is 39.5 Å². The van der Waals surface area contributed by atoms with Gasteiger partial charge in [0.05, 0.1) is 18.6 Å². The Kier molecular flexibility index (Phi) is 6.97. The van der Waals surface area contributed by atoms with Crippen molar-refractivity contribution in [3.05, 3.63) is 29.8 Å². The molecule has 0 bridgehead atoms. The number of para-hydroxylation sites is 1. The first-order chi connectivity index (χ1) is 12.6. The molecule has 28 heavy (non-hydrogen) atoms. The third kappa shape index (κ3) is 4.33. The fraction of sp³-hybridized carbons (Fsp3) is 0.647. The van der Waals surface area contributed by atoms with E-state index in [2.05, 4.69) is 0 Å². The maximum atomic E-state index is 14.1. The average molecular weight is 426 g/mol. The van der Waals surface area contributed by atoms with E-state index in [1.807, 2.05) is 0 Å². The molecule has 11 heteroatoms. The Morgan fingerprint density at radius 2 is 1.39 bits per heavy atom. The number of hydrogen-bond donors (Lipinski definition) is 0. The van der Waals surface area contributed by atoms with E-state index in [0.29, 0.717) is 6.42 Å². The molecule has 0 aromatic heterocycles. The molecule has 0 amide bonds. The number of ether oxygens (including phenoxy) is 2. The Morgan fingerprint density at radius 3 is 1.86 bits per heavy atom. The Hall–Kier alpha value is -1.65. The van der Waals surface area contributed by atoms with Crippen molar-refractivity contribution in [3.8, 4) is 5.75 Å². The summed E-state index contributed by atoms with van der Waals surface area (Å²) in [4.78, 5) is 0. The van der Waals surface area contributed by atoms with Crippen LogP contribution in [-0.2, 0) is 10.3 Å².